The van der Waals surface area contributed by atoms with Gasteiger partial charge in [0.25, 0.3) is 23.6 Å². The Morgan fingerprint density at radius 2 is 0.740 bits per heavy atom. The number of carbonyl (C=O) groups excluding carboxylic acids is 4. The molecule has 0 saturated heterocycles. The second kappa shape index (κ2) is 18.8. The molecular formula is C67H48N2O8. The minimum Gasteiger partial charge on any atom is -0.494 e. The Balaban J connectivity index is 0.777. The lowest BCUT2D eigenvalue weighted by Crippen LogP contribution is -2.29. The van der Waals surface area contributed by atoms with Gasteiger partial charge in [0.15, 0.2) is 0 Å². The van der Waals surface area contributed by atoms with E-state index in [1.807, 2.05) is 84.9 Å². The van der Waals surface area contributed by atoms with Gasteiger partial charge in [-0.25, -0.2) is 9.80 Å². The zero-order chi connectivity index (χ0) is 52.4. The fourth-order valence-electron chi connectivity index (χ4n) is 11.3. The van der Waals surface area contributed by atoms with Crippen molar-refractivity contribution in [2.75, 3.05) is 23.0 Å². The Labute approximate surface area is 444 Å². The molecule has 0 unspecified atom stereocenters. The van der Waals surface area contributed by atoms with Gasteiger partial charge in [-0.2, -0.15) is 0 Å². The van der Waals surface area contributed by atoms with Crippen LogP contribution in [-0.4, -0.2) is 36.8 Å². The van der Waals surface area contributed by atoms with Gasteiger partial charge >= 0.3 is 0 Å². The third kappa shape index (κ3) is 7.70. The van der Waals surface area contributed by atoms with Crippen molar-refractivity contribution < 1.29 is 38.1 Å². The van der Waals surface area contributed by atoms with E-state index < -0.39 is 29.0 Å². The van der Waals surface area contributed by atoms with Gasteiger partial charge < -0.3 is 18.9 Å². The number of anilines is 2. The Kier molecular flexibility index (Phi) is 11.5. The predicted molar refractivity (Wildman–Crippen MR) is 299 cm³/mol. The van der Waals surface area contributed by atoms with Crippen LogP contribution in [0.15, 0.2) is 206 Å². The number of hydrogen-bond acceptors (Lipinski definition) is 8. The molecule has 374 valence electrons. The smallest absolute Gasteiger partial charge is 0.266 e. The summed E-state index contributed by atoms with van der Waals surface area (Å²) in [7, 11) is 0. The molecule has 2 heterocycles. The molecule has 3 aliphatic rings. The highest BCUT2D eigenvalue weighted by molar-refractivity contribution is 6.37. The average molecular weight is 1010 g/mol. The molecule has 2 aliphatic heterocycles. The van der Waals surface area contributed by atoms with Crippen molar-refractivity contribution in [3.63, 3.8) is 0 Å². The van der Waals surface area contributed by atoms with Gasteiger partial charge in [-0.3, -0.25) is 19.2 Å². The van der Waals surface area contributed by atoms with Crippen LogP contribution in [0, 0.1) is 0 Å². The molecule has 0 fully saturated rings. The molecule has 10 aromatic carbocycles. The number of nitrogens with zero attached hydrogens (tertiary/aromatic N) is 2. The number of rotatable bonds is 14. The van der Waals surface area contributed by atoms with Gasteiger partial charge in [0.1, 0.15) is 34.5 Å². The molecule has 0 N–H and O–H groups in total. The molecular weight excluding hydrogens is 961 g/mol. The minimum atomic E-state index is -0.741. The maximum atomic E-state index is 14.1. The fourth-order valence-corrected chi connectivity index (χ4v) is 11.3. The molecule has 0 aromatic heterocycles. The Morgan fingerprint density at radius 3 is 1.17 bits per heavy atom. The summed E-state index contributed by atoms with van der Waals surface area (Å²) in [6.45, 7) is 5.29. The summed E-state index contributed by atoms with van der Waals surface area (Å²) >= 11 is 0. The lowest BCUT2D eigenvalue weighted by molar-refractivity contribution is 0.0910. The first-order valence-electron chi connectivity index (χ1n) is 25.9. The monoisotopic (exact) mass is 1010 g/mol. The van der Waals surface area contributed by atoms with Crippen molar-refractivity contribution in [2.24, 2.45) is 0 Å². The Bertz CT molecular complexity index is 3810. The second-order valence-corrected chi connectivity index (χ2v) is 19.4. The summed E-state index contributed by atoms with van der Waals surface area (Å²) < 4.78 is 24.6. The van der Waals surface area contributed by atoms with Crippen LogP contribution in [0.25, 0.3) is 32.7 Å². The predicted octanol–water partition coefficient (Wildman–Crippen LogP) is 15.1. The zero-order valence-corrected chi connectivity index (χ0v) is 42.1. The van der Waals surface area contributed by atoms with E-state index in [2.05, 4.69) is 86.6 Å². The topological polar surface area (TPSA) is 112 Å². The molecule has 0 bridgehead atoms. The van der Waals surface area contributed by atoms with E-state index in [-0.39, 0.29) is 11.1 Å². The first kappa shape index (κ1) is 46.9. The lowest BCUT2D eigenvalue weighted by atomic mass is 9.68. The molecule has 4 amide bonds. The summed E-state index contributed by atoms with van der Waals surface area (Å²) in [6, 6.07) is 65.5. The van der Waals surface area contributed by atoms with Gasteiger partial charge in [0, 0.05) is 10.8 Å². The summed E-state index contributed by atoms with van der Waals surface area (Å²) in [5.41, 5.74) is 7.94. The van der Waals surface area contributed by atoms with Crippen molar-refractivity contribution in [3.05, 3.63) is 251 Å². The first-order valence-corrected chi connectivity index (χ1v) is 25.9. The third-order valence-corrected chi connectivity index (χ3v) is 14.8. The molecule has 1 aliphatic carbocycles. The lowest BCUT2D eigenvalue weighted by Gasteiger charge is -2.34. The molecule has 10 nitrogen and oxygen atoms in total. The van der Waals surface area contributed by atoms with Gasteiger partial charge in [-0.05, 0) is 166 Å². The Hall–Kier alpha value is -9.80. The van der Waals surface area contributed by atoms with Crippen molar-refractivity contribution in [3.8, 4) is 45.6 Å². The molecule has 10 heteroatoms. The quantitative estimate of drug-likeness (QED) is 0.0990. The number of amides is 4. The van der Waals surface area contributed by atoms with E-state index in [4.69, 9.17) is 18.9 Å². The van der Waals surface area contributed by atoms with Gasteiger partial charge in [-0.15, -0.1) is 0 Å². The van der Waals surface area contributed by atoms with Crippen molar-refractivity contribution in [2.45, 2.75) is 32.1 Å². The minimum absolute atomic E-state index is 0.269. The van der Waals surface area contributed by atoms with Gasteiger partial charge in [-0.1, -0.05) is 111 Å². The number of hydrogen-bond donors (Lipinski definition) is 0. The van der Waals surface area contributed by atoms with Crippen molar-refractivity contribution >= 4 is 56.5 Å². The van der Waals surface area contributed by atoms with Crippen LogP contribution in [0.5, 0.6) is 34.5 Å². The number of ether oxygens (including phenoxy) is 4. The van der Waals surface area contributed by atoms with E-state index in [1.165, 1.54) is 9.80 Å². The number of fused-ring (bicyclic) bond motifs is 7. The number of carbonyl (C=O) groups is 4. The first-order chi connectivity index (χ1) is 37.7. The van der Waals surface area contributed by atoms with E-state index in [1.54, 1.807) is 48.5 Å². The van der Waals surface area contributed by atoms with Crippen LogP contribution in [0.3, 0.4) is 0 Å². The van der Waals surface area contributed by atoms with Crippen molar-refractivity contribution in [1.29, 1.82) is 0 Å². The normalized spacial score (nSPS) is 13.9. The SMILES string of the molecule is CCCOc1ccc2c(N3C(=O)c4ccc(Oc5ccc(C6(c7ccc(Oc8ccc9c(c8)C(=O)N(c8cccc%10cc(OCCC)ccc8%10)C9=O)cc7)c7ccccc7-c7ccccc76)cc5)cc4C3=O)cccc2c1. The second-order valence-electron chi connectivity index (χ2n) is 19.4. The average Bonchev–Trinajstić information content (AvgIpc) is 4.19. The van der Waals surface area contributed by atoms with Crippen LogP contribution < -0.4 is 28.7 Å². The van der Waals surface area contributed by atoms with Crippen LogP contribution >= 0.6 is 0 Å². The largest absolute Gasteiger partial charge is 0.494 e. The molecule has 0 radical (unpaired) electrons. The molecule has 0 spiro atoms. The standard InChI is InChI=1S/C67H48N2O8/c1-3-35-74-47-27-31-51-41(37-47)11-9-17-61(51)68-63(70)55-33-29-49(39-57(55)65(68)72)76-45-23-19-43(20-24-45)67(59-15-7-5-13-53(59)54-14-6-8-16-60(54)67)44-21-25-46(26-22-44)77-50-30-34-56-58(40-50)66(73)69(64(56)71)62-18-10-12-42-38-48(75-36-4-2)28-32-52(42)62/h5-34,37-40H,3-4,35-36H2,1-2H3. The molecule has 77 heavy (non-hydrogen) atoms. The van der Waals surface area contributed by atoms with E-state index in [0.29, 0.717) is 58.7 Å². The highest BCUT2D eigenvalue weighted by Crippen LogP contribution is 2.56. The summed E-state index contributed by atoms with van der Waals surface area (Å²) in [5, 5.41) is 3.26. The van der Waals surface area contributed by atoms with Crippen LogP contribution in [0.4, 0.5) is 11.4 Å². The third-order valence-electron chi connectivity index (χ3n) is 14.8. The van der Waals surface area contributed by atoms with Crippen molar-refractivity contribution in [1.82, 2.24) is 0 Å². The Morgan fingerprint density at radius 1 is 0.351 bits per heavy atom. The van der Waals surface area contributed by atoms with Crippen LogP contribution in [-0.2, 0) is 5.41 Å². The maximum Gasteiger partial charge on any atom is 0.266 e. The fraction of sp³-hybridized carbons (Fsp3) is 0.104. The van der Waals surface area contributed by atoms with E-state index in [9.17, 15) is 19.2 Å². The van der Waals surface area contributed by atoms with Crippen LogP contribution in [0.1, 0.15) is 90.4 Å². The summed E-state index contributed by atoms with van der Waals surface area (Å²) in [4.78, 5) is 58.5. The number of benzene rings is 10. The summed E-state index contributed by atoms with van der Waals surface area (Å²) in [5.74, 6) is 1.79. The van der Waals surface area contributed by atoms with Gasteiger partial charge in [0.2, 0.25) is 0 Å². The molecule has 13 rings (SSSR count). The highest BCUT2D eigenvalue weighted by atomic mass is 16.5. The molecule has 10 aromatic rings. The maximum absolute atomic E-state index is 14.1. The number of imide groups is 2. The summed E-state index contributed by atoms with van der Waals surface area (Å²) in [6.07, 6.45) is 1.76. The van der Waals surface area contributed by atoms with E-state index >= 15 is 0 Å². The molecule has 0 saturated carbocycles. The molecule has 0 atom stereocenters. The van der Waals surface area contributed by atoms with E-state index in [0.717, 1.165) is 79.3 Å². The highest BCUT2D eigenvalue weighted by Gasteiger charge is 2.46. The zero-order valence-electron chi connectivity index (χ0n) is 42.1. The van der Waals surface area contributed by atoms with Crippen LogP contribution in [0.2, 0.25) is 0 Å². The van der Waals surface area contributed by atoms with Gasteiger partial charge in [0.05, 0.1) is 52.3 Å².